The van der Waals surface area contributed by atoms with E-state index in [9.17, 15) is 18.0 Å². The number of alkyl halides is 3. The molecule has 1 aliphatic heterocycles. The minimum absolute atomic E-state index is 0.121. The minimum atomic E-state index is -4.34. The fraction of sp³-hybridized carbons (Fsp3) is 0.588. The lowest BCUT2D eigenvalue weighted by Crippen LogP contribution is -2.48. The summed E-state index contributed by atoms with van der Waals surface area (Å²) in [4.78, 5) is 15.8. The lowest BCUT2D eigenvalue weighted by Gasteiger charge is -2.36. The van der Waals surface area contributed by atoms with Crippen molar-refractivity contribution in [1.29, 1.82) is 0 Å². The van der Waals surface area contributed by atoms with E-state index >= 15 is 0 Å². The number of piperazine rings is 1. The van der Waals surface area contributed by atoms with Gasteiger partial charge in [-0.05, 0) is 37.6 Å². The first-order valence-electron chi connectivity index (χ1n) is 8.32. The summed E-state index contributed by atoms with van der Waals surface area (Å²) < 4.78 is 38.4. The van der Waals surface area contributed by atoms with E-state index in [1.807, 2.05) is 4.90 Å². The van der Waals surface area contributed by atoms with Crippen LogP contribution in [-0.2, 0) is 11.0 Å². The molecule has 0 spiro atoms. The Bertz CT molecular complexity index is 540. The van der Waals surface area contributed by atoms with Gasteiger partial charge >= 0.3 is 6.18 Å². The van der Waals surface area contributed by atoms with Crippen LogP contribution in [0.1, 0.15) is 31.2 Å². The van der Waals surface area contributed by atoms with Crippen molar-refractivity contribution in [3.05, 3.63) is 29.8 Å². The second-order valence-electron chi connectivity index (χ2n) is 6.02. The molecule has 1 aliphatic rings. The lowest BCUT2D eigenvalue weighted by atomic mass is 10.1. The Balaban J connectivity index is 1.85. The largest absolute Gasteiger partial charge is 0.416 e. The number of anilines is 1. The fourth-order valence-corrected chi connectivity index (χ4v) is 2.85. The topological polar surface area (TPSA) is 49.6 Å². The van der Waals surface area contributed by atoms with E-state index in [0.717, 1.165) is 25.3 Å². The average Bonchev–Trinajstić information content (AvgIpc) is 2.58. The number of unbranched alkanes of at least 4 members (excludes halogenated alkanes) is 2. The average molecular weight is 343 g/mol. The summed E-state index contributed by atoms with van der Waals surface area (Å²) in [6, 6.07) is 5.35. The van der Waals surface area contributed by atoms with E-state index in [4.69, 9.17) is 5.73 Å². The number of amides is 1. The van der Waals surface area contributed by atoms with Gasteiger partial charge in [-0.2, -0.15) is 13.2 Å². The molecule has 24 heavy (non-hydrogen) atoms. The van der Waals surface area contributed by atoms with Crippen LogP contribution in [0.5, 0.6) is 0 Å². The Labute approximate surface area is 140 Å². The highest BCUT2D eigenvalue weighted by Crippen LogP contribution is 2.31. The quantitative estimate of drug-likeness (QED) is 0.808. The van der Waals surface area contributed by atoms with Crippen LogP contribution in [-0.4, -0.2) is 43.5 Å². The summed E-state index contributed by atoms with van der Waals surface area (Å²) in [6.45, 7) is 2.84. The standard InChI is InChI=1S/C17H24F3N3O/c18-17(19,20)14-5-4-6-15(13-14)22-9-11-23(12-10-22)16(24)7-2-1-3-8-21/h4-6,13H,1-3,7-12,21H2. The number of hydrogen-bond acceptors (Lipinski definition) is 3. The van der Waals surface area contributed by atoms with Crippen LogP contribution in [0.15, 0.2) is 24.3 Å². The van der Waals surface area contributed by atoms with Crippen molar-refractivity contribution in [1.82, 2.24) is 4.90 Å². The monoisotopic (exact) mass is 343 g/mol. The molecule has 1 aromatic carbocycles. The van der Waals surface area contributed by atoms with Crippen molar-refractivity contribution in [2.75, 3.05) is 37.6 Å². The van der Waals surface area contributed by atoms with Gasteiger partial charge in [-0.25, -0.2) is 0 Å². The third-order valence-electron chi connectivity index (χ3n) is 4.27. The second kappa shape index (κ2) is 8.37. The number of rotatable bonds is 6. The first kappa shape index (κ1) is 18.6. The van der Waals surface area contributed by atoms with Gasteiger partial charge in [-0.1, -0.05) is 12.5 Å². The maximum Gasteiger partial charge on any atom is 0.416 e. The van der Waals surface area contributed by atoms with Crippen LogP contribution in [0.2, 0.25) is 0 Å². The van der Waals surface area contributed by atoms with Gasteiger partial charge in [-0.3, -0.25) is 4.79 Å². The molecule has 1 aromatic rings. The predicted octanol–water partition coefficient (Wildman–Crippen LogP) is 2.87. The molecule has 2 N–H and O–H groups in total. The number of nitrogens with zero attached hydrogens (tertiary/aromatic N) is 2. The van der Waals surface area contributed by atoms with Crippen molar-refractivity contribution in [3.63, 3.8) is 0 Å². The molecule has 1 saturated heterocycles. The molecule has 0 radical (unpaired) electrons. The normalized spacial score (nSPS) is 15.7. The summed E-state index contributed by atoms with van der Waals surface area (Å²) in [5, 5.41) is 0. The molecular weight excluding hydrogens is 319 g/mol. The van der Waals surface area contributed by atoms with Crippen LogP contribution < -0.4 is 10.6 Å². The van der Waals surface area contributed by atoms with E-state index in [2.05, 4.69) is 0 Å². The first-order valence-corrected chi connectivity index (χ1v) is 8.32. The van der Waals surface area contributed by atoms with E-state index in [1.165, 1.54) is 12.1 Å². The van der Waals surface area contributed by atoms with Crippen LogP contribution in [0.4, 0.5) is 18.9 Å². The summed E-state index contributed by atoms with van der Waals surface area (Å²) in [6.07, 6.45) is -1.10. The molecule has 1 heterocycles. The number of benzene rings is 1. The van der Waals surface area contributed by atoms with Gasteiger partial charge in [0.1, 0.15) is 0 Å². The maximum atomic E-state index is 12.8. The molecule has 0 bridgehead atoms. The van der Waals surface area contributed by atoms with Gasteiger partial charge in [0.05, 0.1) is 5.56 Å². The zero-order valence-electron chi connectivity index (χ0n) is 13.7. The molecule has 134 valence electrons. The van der Waals surface area contributed by atoms with Crippen molar-refractivity contribution < 1.29 is 18.0 Å². The summed E-state index contributed by atoms with van der Waals surface area (Å²) >= 11 is 0. The van der Waals surface area contributed by atoms with Gasteiger partial charge in [-0.15, -0.1) is 0 Å². The van der Waals surface area contributed by atoms with Gasteiger partial charge in [0.2, 0.25) is 5.91 Å². The Hall–Kier alpha value is -1.76. The zero-order chi connectivity index (χ0) is 17.6. The Morgan fingerprint density at radius 2 is 1.79 bits per heavy atom. The predicted molar refractivity (Wildman–Crippen MR) is 87.8 cm³/mol. The molecule has 0 aliphatic carbocycles. The van der Waals surface area contributed by atoms with Crippen molar-refractivity contribution in [3.8, 4) is 0 Å². The molecular formula is C17H24F3N3O. The van der Waals surface area contributed by atoms with Gasteiger partial charge < -0.3 is 15.5 Å². The highest BCUT2D eigenvalue weighted by Gasteiger charge is 2.31. The smallest absolute Gasteiger partial charge is 0.368 e. The number of carbonyl (C=O) groups excluding carboxylic acids is 1. The first-order chi connectivity index (χ1) is 11.4. The minimum Gasteiger partial charge on any atom is -0.368 e. The summed E-state index contributed by atoms with van der Waals surface area (Å²) in [5.41, 5.74) is 5.34. The van der Waals surface area contributed by atoms with Gasteiger partial charge in [0.25, 0.3) is 0 Å². The van der Waals surface area contributed by atoms with Gasteiger partial charge in [0.15, 0.2) is 0 Å². The molecule has 0 atom stereocenters. The number of nitrogens with two attached hydrogens (primary N) is 1. The molecule has 2 rings (SSSR count). The second-order valence-corrected chi connectivity index (χ2v) is 6.02. The van der Waals surface area contributed by atoms with Gasteiger partial charge in [0, 0.05) is 38.3 Å². The molecule has 4 nitrogen and oxygen atoms in total. The summed E-state index contributed by atoms with van der Waals surface area (Å²) in [5.74, 6) is 0.121. The summed E-state index contributed by atoms with van der Waals surface area (Å²) in [7, 11) is 0. The third-order valence-corrected chi connectivity index (χ3v) is 4.27. The van der Waals surface area contributed by atoms with E-state index in [-0.39, 0.29) is 5.91 Å². The van der Waals surface area contributed by atoms with E-state index in [1.54, 1.807) is 11.0 Å². The molecule has 0 aromatic heterocycles. The zero-order valence-corrected chi connectivity index (χ0v) is 13.7. The molecule has 0 saturated carbocycles. The van der Waals surface area contributed by atoms with E-state index < -0.39 is 11.7 Å². The Morgan fingerprint density at radius 3 is 2.42 bits per heavy atom. The number of halogens is 3. The fourth-order valence-electron chi connectivity index (χ4n) is 2.85. The Kier molecular flexibility index (Phi) is 6.48. The molecule has 7 heteroatoms. The molecule has 1 amide bonds. The van der Waals surface area contributed by atoms with Crippen LogP contribution in [0, 0.1) is 0 Å². The SMILES string of the molecule is NCCCCCC(=O)N1CCN(c2cccc(C(F)(F)F)c2)CC1. The van der Waals surface area contributed by atoms with Crippen LogP contribution >= 0.6 is 0 Å². The highest BCUT2D eigenvalue weighted by molar-refractivity contribution is 5.76. The maximum absolute atomic E-state index is 12.8. The molecule has 1 fully saturated rings. The van der Waals surface area contributed by atoms with E-state index in [0.29, 0.717) is 44.8 Å². The van der Waals surface area contributed by atoms with Crippen molar-refractivity contribution >= 4 is 11.6 Å². The van der Waals surface area contributed by atoms with Crippen LogP contribution in [0.25, 0.3) is 0 Å². The Morgan fingerprint density at radius 1 is 1.08 bits per heavy atom. The highest BCUT2D eigenvalue weighted by atomic mass is 19.4. The lowest BCUT2D eigenvalue weighted by molar-refractivity contribution is -0.137. The van der Waals surface area contributed by atoms with Crippen LogP contribution in [0.3, 0.4) is 0 Å². The number of hydrogen-bond donors (Lipinski definition) is 1. The van der Waals surface area contributed by atoms with Crippen molar-refractivity contribution in [2.45, 2.75) is 31.9 Å². The molecule has 0 unspecified atom stereocenters. The third kappa shape index (κ3) is 5.12. The van der Waals surface area contributed by atoms with Crippen molar-refractivity contribution in [2.24, 2.45) is 5.73 Å². The number of carbonyl (C=O) groups is 1.